The Hall–Kier alpha value is -1.52. The average molecular weight is 126 g/mol. The Balaban J connectivity index is 2.58. The molecule has 0 saturated heterocycles. The van der Waals surface area contributed by atoms with Gasteiger partial charge in [0, 0.05) is 6.07 Å². The molecular formula is C4H4N3O2. The van der Waals surface area contributed by atoms with E-state index in [1.165, 1.54) is 12.3 Å². The van der Waals surface area contributed by atoms with Crippen LogP contribution in [0.25, 0.3) is 0 Å². The lowest BCUT2D eigenvalue weighted by atomic mass is 10.6. The summed E-state index contributed by atoms with van der Waals surface area (Å²) >= 11 is 0. The smallest absolute Gasteiger partial charge is 0.339 e. The monoisotopic (exact) mass is 126 g/mol. The van der Waals surface area contributed by atoms with E-state index in [4.69, 9.17) is 5.73 Å². The van der Waals surface area contributed by atoms with Crippen LogP contribution in [0.15, 0.2) is 16.9 Å². The van der Waals surface area contributed by atoms with Gasteiger partial charge in [0.05, 0.1) is 0 Å². The second kappa shape index (κ2) is 2.17. The summed E-state index contributed by atoms with van der Waals surface area (Å²) in [4.78, 5) is 9.98. The summed E-state index contributed by atoms with van der Waals surface area (Å²) in [7, 11) is 0. The molecule has 5 nitrogen and oxygen atoms in total. The molecule has 1 aromatic heterocycles. The van der Waals surface area contributed by atoms with Gasteiger partial charge in [-0.2, -0.15) is 0 Å². The Kier molecular flexibility index (Phi) is 1.35. The number of nitrogens with zero attached hydrogens (tertiary/aromatic N) is 1. The molecule has 0 aliphatic carbocycles. The first kappa shape index (κ1) is 5.61. The molecule has 2 amide bonds. The van der Waals surface area contributed by atoms with E-state index in [2.05, 4.69) is 15.0 Å². The highest BCUT2D eigenvalue weighted by Gasteiger charge is 1.96. The van der Waals surface area contributed by atoms with Crippen molar-refractivity contribution in [1.29, 1.82) is 0 Å². The van der Waals surface area contributed by atoms with Crippen molar-refractivity contribution < 1.29 is 9.32 Å². The maximum absolute atomic E-state index is 9.98. The van der Waals surface area contributed by atoms with Crippen LogP contribution < -0.4 is 11.1 Å². The zero-order valence-corrected chi connectivity index (χ0v) is 4.42. The van der Waals surface area contributed by atoms with Crippen LogP contribution in [0.5, 0.6) is 0 Å². The molecule has 0 aliphatic rings. The van der Waals surface area contributed by atoms with Gasteiger partial charge < -0.3 is 4.52 Å². The molecule has 5 heteroatoms. The molecule has 47 valence electrons. The van der Waals surface area contributed by atoms with Gasteiger partial charge in [-0.15, -0.1) is 0 Å². The second-order valence-electron chi connectivity index (χ2n) is 1.34. The van der Waals surface area contributed by atoms with E-state index in [-0.39, 0.29) is 5.82 Å². The predicted octanol–water partition coefficient (Wildman–Crippen LogP) is 0.489. The molecule has 1 rings (SSSR count). The van der Waals surface area contributed by atoms with Gasteiger partial charge in [-0.05, 0) is 0 Å². The second-order valence-corrected chi connectivity index (χ2v) is 1.34. The number of nitrogens with one attached hydrogen (secondary N) is 2. The molecule has 0 aromatic carbocycles. The lowest BCUT2D eigenvalue weighted by Gasteiger charge is -1.88. The summed E-state index contributed by atoms with van der Waals surface area (Å²) in [5, 5.41) is 5.44. The van der Waals surface area contributed by atoms with Crippen molar-refractivity contribution in [3.05, 3.63) is 12.3 Å². The molecule has 0 unspecified atom stereocenters. The Morgan fingerprint density at radius 1 is 1.89 bits per heavy atom. The van der Waals surface area contributed by atoms with Crippen molar-refractivity contribution in [2.24, 2.45) is 0 Å². The molecule has 1 aromatic rings. The van der Waals surface area contributed by atoms with Gasteiger partial charge in [0.2, 0.25) is 0 Å². The van der Waals surface area contributed by atoms with Crippen molar-refractivity contribution in [2.75, 3.05) is 5.32 Å². The summed E-state index contributed by atoms with van der Waals surface area (Å²) in [6.07, 6.45) is 1.31. The van der Waals surface area contributed by atoms with Crippen LogP contribution in [-0.4, -0.2) is 11.2 Å². The number of anilines is 1. The number of hydrogen-bond donors (Lipinski definition) is 1. The lowest BCUT2D eigenvalue weighted by Crippen LogP contribution is -2.09. The van der Waals surface area contributed by atoms with Crippen LogP contribution in [0.4, 0.5) is 10.6 Å². The largest absolute Gasteiger partial charge is 0.363 e. The van der Waals surface area contributed by atoms with E-state index in [0.717, 1.165) is 0 Å². The zero-order valence-electron chi connectivity index (χ0n) is 4.42. The Bertz CT molecular complexity index is 194. The molecule has 0 fully saturated rings. The van der Waals surface area contributed by atoms with Crippen LogP contribution in [-0.2, 0) is 0 Å². The summed E-state index contributed by atoms with van der Waals surface area (Å²) in [5.74, 6) is 0.259. The minimum atomic E-state index is -0.899. The Morgan fingerprint density at radius 3 is 3.11 bits per heavy atom. The maximum Gasteiger partial charge on any atom is 0.339 e. The fourth-order valence-electron chi connectivity index (χ4n) is 0.393. The minimum absolute atomic E-state index is 0.259. The van der Waals surface area contributed by atoms with Crippen LogP contribution in [0.3, 0.4) is 0 Å². The topological polar surface area (TPSA) is 78.9 Å². The van der Waals surface area contributed by atoms with Gasteiger partial charge in [0.1, 0.15) is 6.26 Å². The predicted molar refractivity (Wildman–Crippen MR) is 28.6 cm³/mol. The van der Waals surface area contributed by atoms with Gasteiger partial charge in [-0.25, -0.2) is 10.5 Å². The first-order valence-electron chi connectivity index (χ1n) is 2.22. The maximum atomic E-state index is 9.98. The molecule has 0 saturated carbocycles. The number of rotatable bonds is 1. The van der Waals surface area contributed by atoms with Gasteiger partial charge in [-0.3, -0.25) is 5.32 Å². The molecule has 9 heavy (non-hydrogen) atoms. The lowest BCUT2D eigenvalue weighted by molar-refractivity contribution is 0.258. The van der Waals surface area contributed by atoms with Crippen LogP contribution in [0.2, 0.25) is 0 Å². The first-order chi connectivity index (χ1) is 4.29. The van der Waals surface area contributed by atoms with Crippen LogP contribution >= 0.6 is 0 Å². The third kappa shape index (κ3) is 1.45. The number of aromatic nitrogens is 1. The first-order valence-corrected chi connectivity index (χ1v) is 2.22. The highest BCUT2D eigenvalue weighted by atomic mass is 16.5. The minimum Gasteiger partial charge on any atom is -0.363 e. The molecule has 2 N–H and O–H groups in total. The third-order valence-corrected chi connectivity index (χ3v) is 0.679. The third-order valence-electron chi connectivity index (χ3n) is 0.679. The van der Waals surface area contributed by atoms with Gasteiger partial charge in [0.15, 0.2) is 5.82 Å². The zero-order chi connectivity index (χ0) is 6.69. The quantitative estimate of drug-likeness (QED) is 0.594. The molecule has 0 spiro atoms. The Labute approximate surface area is 50.8 Å². The molecule has 0 bridgehead atoms. The van der Waals surface area contributed by atoms with Gasteiger partial charge in [0.25, 0.3) is 0 Å². The van der Waals surface area contributed by atoms with Crippen molar-refractivity contribution in [1.82, 2.24) is 10.9 Å². The van der Waals surface area contributed by atoms with Crippen LogP contribution in [0, 0.1) is 0 Å². The van der Waals surface area contributed by atoms with E-state index < -0.39 is 6.03 Å². The SMILES string of the molecule is [NH]C(=O)Nc1ccon1. The van der Waals surface area contributed by atoms with E-state index in [9.17, 15) is 4.79 Å². The molecular weight excluding hydrogens is 122 g/mol. The van der Waals surface area contributed by atoms with Crippen molar-refractivity contribution in [3.63, 3.8) is 0 Å². The Morgan fingerprint density at radius 2 is 2.67 bits per heavy atom. The van der Waals surface area contributed by atoms with E-state index in [0.29, 0.717) is 0 Å². The average Bonchev–Trinajstić information content (AvgIpc) is 2.15. The molecule has 1 radical (unpaired) electrons. The highest BCUT2D eigenvalue weighted by molar-refractivity contribution is 5.85. The summed E-state index contributed by atoms with van der Waals surface area (Å²) in [5.41, 5.74) is 6.42. The number of amides is 2. The fourth-order valence-corrected chi connectivity index (χ4v) is 0.393. The number of hydrogen-bond acceptors (Lipinski definition) is 3. The van der Waals surface area contributed by atoms with Gasteiger partial charge >= 0.3 is 6.03 Å². The number of carbonyl (C=O) groups is 1. The van der Waals surface area contributed by atoms with E-state index >= 15 is 0 Å². The van der Waals surface area contributed by atoms with Crippen LogP contribution in [0.1, 0.15) is 0 Å². The van der Waals surface area contributed by atoms with Crippen molar-refractivity contribution >= 4 is 11.8 Å². The van der Waals surface area contributed by atoms with E-state index in [1.807, 2.05) is 0 Å². The summed E-state index contributed by atoms with van der Waals surface area (Å²) < 4.78 is 4.37. The highest BCUT2D eigenvalue weighted by Crippen LogP contribution is 1.98. The molecule has 0 aliphatic heterocycles. The van der Waals surface area contributed by atoms with Crippen molar-refractivity contribution in [2.45, 2.75) is 0 Å². The standard InChI is InChI=1S/C4H4N3O2/c5-4(8)6-3-1-2-9-7-3/h1-2,5H,(H,6,7,8). The van der Waals surface area contributed by atoms with Crippen molar-refractivity contribution in [3.8, 4) is 0 Å². The summed E-state index contributed by atoms with van der Waals surface area (Å²) in [6, 6.07) is 0.552. The summed E-state index contributed by atoms with van der Waals surface area (Å²) in [6.45, 7) is 0. The molecule has 1 heterocycles. The number of urea groups is 1. The van der Waals surface area contributed by atoms with E-state index in [1.54, 1.807) is 0 Å². The fraction of sp³-hybridized carbons (Fsp3) is 0. The number of carbonyl (C=O) groups excluding carboxylic acids is 1. The molecule has 0 atom stereocenters. The normalized spacial score (nSPS) is 8.89. The van der Waals surface area contributed by atoms with Gasteiger partial charge in [-0.1, -0.05) is 5.16 Å².